The standard InChI is InChI=1S/C18H26N2O2S/c1-2-23(22)15-8-5-7-14(12-15)19-18(21)20-17-11-10-13-6-3-4-9-16(13)17/h3-4,6,9,14-15,17H,2,5,7-8,10-12H2,1H3,(H2,19,20,21)/t14-,15-,17-,23+/m1/s1. The van der Waals surface area contributed by atoms with Gasteiger partial charge in [0.15, 0.2) is 0 Å². The zero-order valence-electron chi connectivity index (χ0n) is 13.7. The second kappa shape index (κ2) is 7.47. The van der Waals surface area contributed by atoms with Crippen LogP contribution < -0.4 is 10.6 Å². The maximum absolute atomic E-state index is 12.3. The Morgan fingerprint density at radius 2 is 2.04 bits per heavy atom. The van der Waals surface area contributed by atoms with E-state index in [1.807, 2.05) is 13.0 Å². The summed E-state index contributed by atoms with van der Waals surface area (Å²) in [5.41, 5.74) is 2.59. The van der Waals surface area contributed by atoms with E-state index in [-0.39, 0.29) is 23.4 Å². The molecule has 0 heterocycles. The lowest BCUT2D eigenvalue weighted by Gasteiger charge is -2.29. The van der Waals surface area contributed by atoms with Gasteiger partial charge in [0.05, 0.1) is 6.04 Å². The number of hydrogen-bond donors (Lipinski definition) is 2. The predicted molar refractivity (Wildman–Crippen MR) is 93.9 cm³/mol. The van der Waals surface area contributed by atoms with Crippen molar-refractivity contribution >= 4 is 16.8 Å². The summed E-state index contributed by atoms with van der Waals surface area (Å²) in [5, 5.41) is 6.46. The maximum Gasteiger partial charge on any atom is 0.315 e. The first-order valence-electron chi connectivity index (χ1n) is 8.69. The first kappa shape index (κ1) is 16.5. The van der Waals surface area contributed by atoms with Crippen molar-refractivity contribution in [1.82, 2.24) is 10.6 Å². The fourth-order valence-corrected chi connectivity index (χ4v) is 5.19. The highest BCUT2D eigenvalue weighted by molar-refractivity contribution is 7.85. The van der Waals surface area contributed by atoms with Crippen LogP contribution in [-0.4, -0.2) is 27.3 Å². The summed E-state index contributed by atoms with van der Waals surface area (Å²) in [6.07, 6.45) is 5.91. The highest BCUT2D eigenvalue weighted by atomic mass is 32.2. The van der Waals surface area contributed by atoms with Crippen molar-refractivity contribution in [3.05, 3.63) is 35.4 Å². The summed E-state index contributed by atoms with van der Waals surface area (Å²) in [5.74, 6) is 0.711. The highest BCUT2D eigenvalue weighted by Gasteiger charge is 2.28. The van der Waals surface area contributed by atoms with Crippen LogP contribution in [0.25, 0.3) is 0 Å². The molecule has 23 heavy (non-hydrogen) atoms. The number of urea groups is 1. The third-order valence-corrected chi connectivity index (χ3v) is 6.80. The van der Waals surface area contributed by atoms with Crippen molar-refractivity contribution in [2.75, 3.05) is 5.75 Å². The summed E-state index contributed by atoms with van der Waals surface area (Å²) in [6, 6.07) is 8.52. The van der Waals surface area contributed by atoms with E-state index < -0.39 is 10.8 Å². The van der Waals surface area contributed by atoms with Gasteiger partial charge in [0, 0.05) is 27.8 Å². The lowest BCUT2D eigenvalue weighted by Crippen LogP contribution is -2.46. The van der Waals surface area contributed by atoms with Crippen molar-refractivity contribution in [1.29, 1.82) is 0 Å². The Balaban J connectivity index is 1.53. The first-order valence-corrected chi connectivity index (χ1v) is 10.1. The fraction of sp³-hybridized carbons (Fsp3) is 0.611. The molecule has 5 heteroatoms. The summed E-state index contributed by atoms with van der Waals surface area (Å²) >= 11 is 0. The van der Waals surface area contributed by atoms with Crippen molar-refractivity contribution < 1.29 is 9.00 Å². The molecule has 126 valence electrons. The molecule has 2 amide bonds. The van der Waals surface area contributed by atoms with Gasteiger partial charge in [0.1, 0.15) is 0 Å². The second-order valence-electron chi connectivity index (χ2n) is 6.56. The minimum Gasteiger partial charge on any atom is -0.335 e. The predicted octanol–water partition coefficient (Wildman–Crippen LogP) is 3.05. The van der Waals surface area contributed by atoms with Crippen LogP contribution in [0.2, 0.25) is 0 Å². The van der Waals surface area contributed by atoms with Gasteiger partial charge in [-0.1, -0.05) is 37.6 Å². The molecule has 1 aromatic carbocycles. The molecule has 2 aliphatic rings. The van der Waals surface area contributed by atoms with Gasteiger partial charge in [-0.05, 0) is 43.2 Å². The molecule has 0 saturated heterocycles. The monoisotopic (exact) mass is 334 g/mol. The Hall–Kier alpha value is -1.36. The number of benzene rings is 1. The number of rotatable bonds is 4. The Labute approximate surface area is 140 Å². The van der Waals surface area contributed by atoms with Crippen LogP contribution in [-0.2, 0) is 17.2 Å². The Morgan fingerprint density at radius 3 is 2.87 bits per heavy atom. The molecule has 0 bridgehead atoms. The van der Waals surface area contributed by atoms with E-state index in [9.17, 15) is 9.00 Å². The van der Waals surface area contributed by atoms with Crippen LogP contribution in [0.5, 0.6) is 0 Å². The molecule has 0 spiro atoms. The van der Waals surface area contributed by atoms with E-state index in [1.165, 1.54) is 11.1 Å². The SMILES string of the molecule is CC[S@](=O)[C@@H]1CCC[C@@H](NC(=O)N[C@@H]2CCc3ccccc32)C1. The van der Waals surface area contributed by atoms with E-state index in [0.717, 1.165) is 38.5 Å². The van der Waals surface area contributed by atoms with E-state index in [2.05, 4.69) is 28.8 Å². The molecule has 4 atom stereocenters. The third kappa shape index (κ3) is 3.94. The van der Waals surface area contributed by atoms with Crippen LogP contribution in [0.1, 0.15) is 56.2 Å². The molecule has 2 aliphatic carbocycles. The molecule has 0 unspecified atom stereocenters. The molecule has 0 aromatic heterocycles. The second-order valence-corrected chi connectivity index (χ2v) is 8.57. The Bertz CT molecular complexity index is 590. The smallest absolute Gasteiger partial charge is 0.315 e. The normalized spacial score (nSPS) is 28.0. The summed E-state index contributed by atoms with van der Waals surface area (Å²) < 4.78 is 12.0. The minimum atomic E-state index is -0.754. The van der Waals surface area contributed by atoms with Gasteiger partial charge < -0.3 is 10.6 Å². The molecular formula is C18H26N2O2S. The van der Waals surface area contributed by atoms with Crippen molar-refractivity contribution in [3.63, 3.8) is 0 Å². The van der Waals surface area contributed by atoms with Crippen LogP contribution in [0.3, 0.4) is 0 Å². The Kier molecular flexibility index (Phi) is 5.36. The van der Waals surface area contributed by atoms with E-state index in [1.54, 1.807) is 0 Å². The van der Waals surface area contributed by atoms with E-state index in [0.29, 0.717) is 5.75 Å². The fourth-order valence-electron chi connectivity index (χ4n) is 3.84. The van der Waals surface area contributed by atoms with Crippen LogP contribution >= 0.6 is 0 Å². The number of nitrogens with one attached hydrogen (secondary N) is 2. The number of amides is 2. The first-order chi connectivity index (χ1) is 11.2. The maximum atomic E-state index is 12.3. The van der Waals surface area contributed by atoms with E-state index >= 15 is 0 Å². The average Bonchev–Trinajstić information content (AvgIpc) is 2.97. The van der Waals surface area contributed by atoms with Gasteiger partial charge in [-0.3, -0.25) is 4.21 Å². The number of carbonyl (C=O) groups excluding carboxylic acids is 1. The lowest BCUT2D eigenvalue weighted by molar-refractivity contribution is 0.229. The summed E-state index contributed by atoms with van der Waals surface area (Å²) in [7, 11) is -0.754. The number of fused-ring (bicyclic) bond motifs is 1. The number of carbonyl (C=O) groups is 1. The molecule has 0 aliphatic heterocycles. The quantitative estimate of drug-likeness (QED) is 0.889. The van der Waals surface area contributed by atoms with E-state index in [4.69, 9.17) is 0 Å². The van der Waals surface area contributed by atoms with Gasteiger partial charge in [0.25, 0.3) is 0 Å². The van der Waals surface area contributed by atoms with Crippen LogP contribution in [0.4, 0.5) is 4.79 Å². The molecule has 4 nitrogen and oxygen atoms in total. The van der Waals surface area contributed by atoms with Gasteiger partial charge in [-0.2, -0.15) is 0 Å². The minimum absolute atomic E-state index is 0.0837. The average molecular weight is 334 g/mol. The van der Waals surface area contributed by atoms with Gasteiger partial charge >= 0.3 is 6.03 Å². The molecule has 0 radical (unpaired) electrons. The van der Waals surface area contributed by atoms with Crippen molar-refractivity contribution in [2.45, 2.75) is 62.8 Å². The summed E-state index contributed by atoms with van der Waals surface area (Å²) in [4.78, 5) is 12.3. The van der Waals surface area contributed by atoms with Crippen LogP contribution in [0.15, 0.2) is 24.3 Å². The molecule has 1 fully saturated rings. The molecule has 2 N–H and O–H groups in total. The van der Waals surface area contributed by atoms with Crippen LogP contribution in [0, 0.1) is 0 Å². The molecule has 1 saturated carbocycles. The Morgan fingerprint density at radius 1 is 1.22 bits per heavy atom. The number of aryl methyl sites for hydroxylation is 1. The summed E-state index contributed by atoms with van der Waals surface area (Å²) in [6.45, 7) is 1.97. The zero-order valence-corrected chi connectivity index (χ0v) is 14.5. The third-order valence-electron chi connectivity index (χ3n) is 5.06. The van der Waals surface area contributed by atoms with Crippen molar-refractivity contribution in [3.8, 4) is 0 Å². The lowest BCUT2D eigenvalue weighted by atomic mass is 9.95. The zero-order chi connectivity index (χ0) is 16.2. The molecule has 3 rings (SSSR count). The van der Waals surface area contributed by atoms with Gasteiger partial charge in [0.2, 0.25) is 0 Å². The molecule has 1 aromatic rings. The largest absolute Gasteiger partial charge is 0.335 e. The molecular weight excluding hydrogens is 308 g/mol. The highest BCUT2D eigenvalue weighted by Crippen LogP contribution is 2.30. The van der Waals surface area contributed by atoms with Gasteiger partial charge in [-0.25, -0.2) is 4.79 Å². The number of hydrogen-bond acceptors (Lipinski definition) is 2. The van der Waals surface area contributed by atoms with Gasteiger partial charge in [-0.15, -0.1) is 0 Å². The van der Waals surface area contributed by atoms with Crippen molar-refractivity contribution in [2.24, 2.45) is 0 Å². The topological polar surface area (TPSA) is 58.2 Å².